The molecule has 0 saturated carbocycles. The summed E-state index contributed by atoms with van der Waals surface area (Å²) in [4.78, 5) is 14.0. The topological polar surface area (TPSA) is 41.6 Å². The van der Waals surface area contributed by atoms with Crippen LogP contribution in [0.15, 0.2) is 0 Å². The molecule has 1 amide bonds. The Balaban J connectivity index is 2.11. The highest BCUT2D eigenvalue weighted by Gasteiger charge is 2.22. The molecule has 0 aromatic carbocycles. The zero-order valence-electron chi connectivity index (χ0n) is 9.79. The molecular weight excluding hydrogens is 192 g/mol. The maximum Gasteiger partial charge on any atom is 0.223 e. The first kappa shape index (κ1) is 12.5. The van der Waals surface area contributed by atoms with Crippen molar-refractivity contribution in [2.75, 3.05) is 40.4 Å². The normalized spacial score (nSPS) is 19.1. The second-order valence-corrected chi connectivity index (χ2v) is 4.21. The summed E-state index contributed by atoms with van der Waals surface area (Å²) < 4.78 is 4.93. The van der Waals surface area contributed by atoms with Crippen LogP contribution in [0.2, 0.25) is 0 Å². The predicted molar refractivity (Wildman–Crippen MR) is 59.7 cm³/mol. The van der Waals surface area contributed by atoms with Crippen LogP contribution in [0.5, 0.6) is 0 Å². The summed E-state index contributed by atoms with van der Waals surface area (Å²) in [7, 11) is 3.78. The zero-order chi connectivity index (χ0) is 11.1. The number of nitrogens with one attached hydrogen (secondary N) is 1. The second kappa shape index (κ2) is 6.80. The van der Waals surface area contributed by atoms with Crippen molar-refractivity contribution in [2.24, 2.45) is 5.92 Å². The van der Waals surface area contributed by atoms with Crippen LogP contribution in [0, 0.1) is 5.92 Å². The fraction of sp³-hybridized carbons (Fsp3) is 0.909. The van der Waals surface area contributed by atoms with Gasteiger partial charge in [0.2, 0.25) is 5.91 Å². The van der Waals surface area contributed by atoms with Gasteiger partial charge in [-0.15, -0.1) is 0 Å². The average molecular weight is 214 g/mol. The lowest BCUT2D eigenvalue weighted by Gasteiger charge is -2.28. The number of methoxy groups -OCH3 is 1. The highest BCUT2D eigenvalue weighted by atomic mass is 16.5. The Labute approximate surface area is 92.0 Å². The van der Waals surface area contributed by atoms with Gasteiger partial charge in [0.15, 0.2) is 0 Å². The monoisotopic (exact) mass is 214 g/mol. The van der Waals surface area contributed by atoms with Crippen molar-refractivity contribution in [1.29, 1.82) is 0 Å². The van der Waals surface area contributed by atoms with E-state index in [1.807, 2.05) is 0 Å². The number of hydrogen-bond acceptors (Lipinski definition) is 3. The van der Waals surface area contributed by atoms with Gasteiger partial charge in [-0.3, -0.25) is 4.79 Å². The Kier molecular flexibility index (Phi) is 5.65. The van der Waals surface area contributed by atoms with Crippen molar-refractivity contribution in [3.05, 3.63) is 0 Å². The summed E-state index contributed by atoms with van der Waals surface area (Å²) >= 11 is 0. The smallest absolute Gasteiger partial charge is 0.223 e. The summed E-state index contributed by atoms with van der Waals surface area (Å²) in [5.74, 6) is 0.447. The van der Waals surface area contributed by atoms with Gasteiger partial charge in [0.25, 0.3) is 0 Å². The molecule has 0 unspecified atom stereocenters. The van der Waals surface area contributed by atoms with Gasteiger partial charge in [-0.25, -0.2) is 0 Å². The molecule has 1 rings (SSSR count). The van der Waals surface area contributed by atoms with Gasteiger partial charge >= 0.3 is 0 Å². The molecule has 0 spiro atoms. The number of amides is 1. The lowest BCUT2D eigenvalue weighted by Crippen LogP contribution is -2.39. The Morgan fingerprint density at radius 1 is 1.47 bits per heavy atom. The van der Waals surface area contributed by atoms with Crippen molar-refractivity contribution in [2.45, 2.75) is 19.3 Å². The molecule has 0 bridgehead atoms. The Hall–Kier alpha value is -0.610. The van der Waals surface area contributed by atoms with E-state index >= 15 is 0 Å². The molecule has 4 nitrogen and oxygen atoms in total. The molecule has 88 valence electrons. The molecule has 15 heavy (non-hydrogen) atoms. The van der Waals surface area contributed by atoms with Crippen molar-refractivity contribution >= 4 is 5.91 Å². The Morgan fingerprint density at radius 2 is 2.13 bits per heavy atom. The molecule has 0 aromatic heterocycles. The standard InChI is InChI=1S/C11H22N2O2/c1-13-7-4-10(5-8-13)11(14)12-6-3-9-15-2/h10H,3-9H2,1-2H3,(H,12,14). The van der Waals surface area contributed by atoms with Crippen molar-refractivity contribution in [3.8, 4) is 0 Å². The molecule has 4 heteroatoms. The Morgan fingerprint density at radius 3 is 2.73 bits per heavy atom. The Bertz CT molecular complexity index is 189. The molecule has 0 aliphatic carbocycles. The van der Waals surface area contributed by atoms with E-state index in [4.69, 9.17) is 4.74 Å². The first-order chi connectivity index (χ1) is 7.24. The van der Waals surface area contributed by atoms with Crippen LogP contribution >= 0.6 is 0 Å². The highest BCUT2D eigenvalue weighted by Crippen LogP contribution is 2.15. The third-order valence-electron chi connectivity index (χ3n) is 2.91. The SMILES string of the molecule is COCCCNC(=O)C1CCN(C)CC1. The number of likely N-dealkylation sites (tertiary alicyclic amines) is 1. The minimum Gasteiger partial charge on any atom is -0.385 e. The molecule has 1 aliphatic rings. The lowest BCUT2D eigenvalue weighted by atomic mass is 9.96. The van der Waals surface area contributed by atoms with Gasteiger partial charge in [0.05, 0.1) is 0 Å². The van der Waals surface area contributed by atoms with E-state index in [1.54, 1.807) is 7.11 Å². The van der Waals surface area contributed by atoms with Crippen LogP contribution in [0.4, 0.5) is 0 Å². The maximum absolute atomic E-state index is 11.7. The van der Waals surface area contributed by atoms with Gasteiger partial charge in [0, 0.05) is 26.2 Å². The number of ether oxygens (including phenoxy) is 1. The number of carbonyl (C=O) groups excluding carboxylic acids is 1. The van der Waals surface area contributed by atoms with E-state index < -0.39 is 0 Å². The molecule has 1 N–H and O–H groups in total. The van der Waals surface area contributed by atoms with Crippen molar-refractivity contribution in [3.63, 3.8) is 0 Å². The van der Waals surface area contributed by atoms with Crippen molar-refractivity contribution < 1.29 is 9.53 Å². The molecule has 0 radical (unpaired) electrons. The van der Waals surface area contributed by atoms with Gasteiger partial charge in [0.1, 0.15) is 0 Å². The van der Waals surface area contributed by atoms with Crippen LogP contribution in [0.1, 0.15) is 19.3 Å². The second-order valence-electron chi connectivity index (χ2n) is 4.21. The number of hydrogen-bond donors (Lipinski definition) is 1. The van der Waals surface area contributed by atoms with Gasteiger partial charge < -0.3 is 15.0 Å². The molecule has 0 atom stereocenters. The van der Waals surface area contributed by atoms with Crippen LogP contribution in [0.3, 0.4) is 0 Å². The third-order valence-corrected chi connectivity index (χ3v) is 2.91. The summed E-state index contributed by atoms with van der Waals surface area (Å²) in [6, 6.07) is 0. The molecule has 1 saturated heterocycles. The largest absolute Gasteiger partial charge is 0.385 e. The molecular formula is C11H22N2O2. The number of piperidine rings is 1. The number of nitrogens with zero attached hydrogens (tertiary/aromatic N) is 1. The van der Waals surface area contributed by atoms with E-state index in [2.05, 4.69) is 17.3 Å². The number of carbonyl (C=O) groups is 1. The van der Waals surface area contributed by atoms with Crippen LogP contribution < -0.4 is 5.32 Å². The van der Waals surface area contributed by atoms with Crippen LogP contribution in [-0.4, -0.2) is 51.2 Å². The first-order valence-corrected chi connectivity index (χ1v) is 5.69. The summed E-state index contributed by atoms with van der Waals surface area (Å²) in [5, 5.41) is 2.96. The van der Waals surface area contributed by atoms with E-state index in [9.17, 15) is 4.79 Å². The zero-order valence-corrected chi connectivity index (χ0v) is 9.79. The molecule has 0 aromatic rings. The van der Waals surface area contributed by atoms with E-state index in [0.717, 1.165) is 38.9 Å². The molecule has 1 aliphatic heterocycles. The summed E-state index contributed by atoms with van der Waals surface area (Å²) in [5.41, 5.74) is 0. The molecule has 1 fully saturated rings. The summed E-state index contributed by atoms with van der Waals surface area (Å²) in [6.45, 7) is 3.53. The fourth-order valence-electron chi connectivity index (χ4n) is 1.84. The van der Waals surface area contributed by atoms with E-state index in [1.165, 1.54) is 0 Å². The van der Waals surface area contributed by atoms with Crippen molar-refractivity contribution in [1.82, 2.24) is 10.2 Å². The number of rotatable bonds is 5. The third kappa shape index (κ3) is 4.62. The minimum atomic E-state index is 0.221. The molecule has 1 heterocycles. The van der Waals surface area contributed by atoms with Crippen LogP contribution in [-0.2, 0) is 9.53 Å². The van der Waals surface area contributed by atoms with Gasteiger partial charge in [-0.1, -0.05) is 0 Å². The van der Waals surface area contributed by atoms with E-state index in [0.29, 0.717) is 6.61 Å². The lowest BCUT2D eigenvalue weighted by molar-refractivity contribution is -0.126. The fourth-order valence-corrected chi connectivity index (χ4v) is 1.84. The maximum atomic E-state index is 11.7. The summed E-state index contributed by atoms with van der Waals surface area (Å²) in [6.07, 6.45) is 2.88. The highest BCUT2D eigenvalue weighted by molar-refractivity contribution is 5.78. The minimum absolute atomic E-state index is 0.221. The quantitative estimate of drug-likeness (QED) is 0.677. The van der Waals surface area contributed by atoms with Gasteiger partial charge in [-0.2, -0.15) is 0 Å². The van der Waals surface area contributed by atoms with Crippen LogP contribution in [0.25, 0.3) is 0 Å². The van der Waals surface area contributed by atoms with E-state index in [-0.39, 0.29) is 11.8 Å². The first-order valence-electron chi connectivity index (χ1n) is 5.69. The van der Waals surface area contributed by atoms with Gasteiger partial charge in [-0.05, 0) is 39.4 Å². The average Bonchev–Trinajstić information content (AvgIpc) is 2.25. The predicted octanol–water partition coefficient (Wildman–Crippen LogP) is 0.481.